The van der Waals surface area contributed by atoms with Crippen molar-refractivity contribution in [3.8, 4) is 0 Å². The Balaban J connectivity index is -0.000000192. The van der Waals surface area contributed by atoms with E-state index in [1.807, 2.05) is 0 Å². The molecule has 0 aliphatic carbocycles. The van der Waals surface area contributed by atoms with Crippen LogP contribution < -0.4 is 20.4 Å². The maximum absolute atomic E-state index is 11.3. The van der Waals surface area contributed by atoms with E-state index in [0.717, 1.165) is 0 Å². The maximum Gasteiger partial charge on any atom is 3.00 e. The molecule has 0 aliphatic rings. The summed E-state index contributed by atoms with van der Waals surface area (Å²) < 4.78 is 271. The molecule has 0 aromatic carbocycles. The third-order valence-corrected chi connectivity index (χ3v) is 3.28. The van der Waals surface area contributed by atoms with Crippen LogP contribution in [0.25, 0.3) is 0 Å². The Hall–Kier alpha value is -3.96. The standard InChI is InChI=1S/4C5H2F6O2.Zr/c4*6-4(7,8)2(12)1-3(13)5(9,10)11;/h4*1,12H;/q;;;;+3/p-4/b4*2-1-;. The zero-order chi connectivity index (χ0) is 43.4. The third-order valence-electron chi connectivity index (χ3n) is 3.28. The van der Waals surface area contributed by atoms with E-state index in [-0.39, 0.29) is 26.2 Å². The van der Waals surface area contributed by atoms with E-state index in [1.165, 1.54) is 0 Å². The summed E-state index contributed by atoms with van der Waals surface area (Å²) in [5.74, 6) is -22.6. The van der Waals surface area contributed by atoms with Gasteiger partial charge in [0.2, 0.25) is 0 Å². The zero-order valence-corrected chi connectivity index (χ0v) is 25.6. The van der Waals surface area contributed by atoms with Gasteiger partial charge in [0.1, 0.15) is 0 Å². The fourth-order valence-corrected chi connectivity index (χ4v) is 1.13. The smallest absolute Gasteiger partial charge is 0.869 e. The van der Waals surface area contributed by atoms with Crippen molar-refractivity contribution in [3.05, 3.63) is 47.3 Å². The molecular weight excluding hydrogens is 915 g/mol. The van der Waals surface area contributed by atoms with Gasteiger partial charge >= 0.3 is 75.6 Å². The van der Waals surface area contributed by atoms with Crippen LogP contribution in [0.2, 0.25) is 0 Å². The van der Waals surface area contributed by atoms with E-state index in [1.54, 1.807) is 0 Å². The number of carbonyl (C=O) groups is 4. The average Bonchev–Trinajstić information content (AvgIpc) is 2.85. The molecule has 305 valence electrons. The SMILES string of the molecule is O=C(/C=C(\[O-])C(F)(F)F)C(F)(F)F.O=C(/C=C(\[O-])C(F)(F)F)C(F)(F)F.O=C(/C=C(\[O-])C(F)(F)F)C(F)(F)F.O=C(/C=C(\[O-])C(F)(F)F)C(F)(F)F.[Zr+3]. The van der Waals surface area contributed by atoms with Gasteiger partial charge in [0.05, 0.1) is 0 Å². The molecule has 33 heteroatoms. The van der Waals surface area contributed by atoms with Gasteiger partial charge in [-0.15, -0.1) is 0 Å². The van der Waals surface area contributed by atoms with Crippen molar-refractivity contribution >= 4 is 23.1 Å². The predicted molar refractivity (Wildman–Crippen MR) is 101 cm³/mol. The van der Waals surface area contributed by atoms with Gasteiger partial charge in [-0.3, -0.25) is 19.2 Å². The maximum atomic E-state index is 11.3. The number of hydrogen-bond donors (Lipinski definition) is 0. The number of alkyl halides is 24. The van der Waals surface area contributed by atoms with Gasteiger partial charge in [-0.2, -0.15) is 105 Å². The van der Waals surface area contributed by atoms with Crippen LogP contribution in [0, 0.1) is 0 Å². The molecule has 0 atom stereocenters. The van der Waals surface area contributed by atoms with Crippen LogP contribution in [0.5, 0.6) is 0 Å². The summed E-state index contributed by atoms with van der Waals surface area (Å²) in [4.78, 5) is 39.3. The molecule has 0 heterocycles. The van der Waals surface area contributed by atoms with E-state index < -0.39 is 120 Å². The van der Waals surface area contributed by atoms with Crippen molar-refractivity contribution in [2.24, 2.45) is 0 Å². The number of carbonyl (C=O) groups excluding carboxylic acids is 4. The molecule has 53 heavy (non-hydrogen) atoms. The largest absolute Gasteiger partial charge is 3.00 e. The van der Waals surface area contributed by atoms with E-state index in [0.29, 0.717) is 0 Å². The van der Waals surface area contributed by atoms with Crippen molar-refractivity contribution in [1.82, 2.24) is 0 Å². The number of hydrogen-bond acceptors (Lipinski definition) is 8. The molecule has 0 rings (SSSR count). The van der Waals surface area contributed by atoms with Crippen LogP contribution in [0.1, 0.15) is 0 Å². The fraction of sp³-hybridized carbons (Fsp3) is 0.400. The zero-order valence-electron chi connectivity index (χ0n) is 23.1. The number of halogens is 24. The molecule has 0 saturated heterocycles. The Morgan fingerprint density at radius 2 is 0.358 bits per heavy atom. The molecule has 0 aliphatic heterocycles. The van der Waals surface area contributed by atoms with Gasteiger partial charge in [0.25, 0.3) is 23.1 Å². The average molecular weight is 919 g/mol. The van der Waals surface area contributed by atoms with Gasteiger partial charge in [-0.25, -0.2) is 0 Å². The second-order valence-corrected chi connectivity index (χ2v) is 7.47. The molecule has 0 saturated carbocycles. The Morgan fingerprint density at radius 3 is 0.415 bits per heavy atom. The van der Waals surface area contributed by atoms with Gasteiger partial charge < -0.3 is 20.4 Å². The normalized spacial score (nSPS) is 14.2. The summed E-state index contributed by atoms with van der Waals surface area (Å²) in [5.41, 5.74) is 0. The molecule has 0 aromatic heterocycles. The molecule has 0 bridgehead atoms. The second-order valence-electron chi connectivity index (χ2n) is 7.47. The number of allylic oxidation sites excluding steroid dienone is 8. The molecule has 8 nitrogen and oxygen atoms in total. The van der Waals surface area contributed by atoms with E-state index in [9.17, 15) is 145 Å². The minimum absolute atomic E-state index is 0. The van der Waals surface area contributed by atoms with Gasteiger partial charge in [-0.05, 0) is 47.3 Å². The van der Waals surface area contributed by atoms with Crippen LogP contribution in [0.15, 0.2) is 47.3 Å². The monoisotopic (exact) mass is 918 g/mol. The van der Waals surface area contributed by atoms with E-state index in [4.69, 9.17) is 0 Å². The molecule has 0 fully saturated rings. The summed E-state index contributed by atoms with van der Waals surface area (Å²) in [6.45, 7) is 0. The van der Waals surface area contributed by atoms with Crippen LogP contribution in [0.4, 0.5) is 105 Å². The molecule has 0 unspecified atom stereocenters. The first-order valence-corrected chi connectivity index (χ1v) is 10.5. The molecule has 0 amide bonds. The third kappa shape index (κ3) is 28.3. The first kappa shape index (κ1) is 58.4. The van der Waals surface area contributed by atoms with Crippen molar-refractivity contribution in [2.45, 2.75) is 49.4 Å². The van der Waals surface area contributed by atoms with Crippen LogP contribution in [0.3, 0.4) is 0 Å². The minimum atomic E-state index is -5.46. The van der Waals surface area contributed by atoms with Crippen molar-refractivity contribution in [2.75, 3.05) is 0 Å². The van der Waals surface area contributed by atoms with Crippen molar-refractivity contribution in [3.63, 3.8) is 0 Å². The number of ketones is 4. The Bertz CT molecular complexity index is 1150. The second kappa shape index (κ2) is 20.5. The molecule has 0 aromatic rings. The summed E-state index contributed by atoms with van der Waals surface area (Å²) >= 11 is 0. The van der Waals surface area contributed by atoms with Crippen molar-refractivity contribution < 1.29 is 171 Å². The van der Waals surface area contributed by atoms with Crippen LogP contribution >= 0.6 is 0 Å². The first-order valence-electron chi connectivity index (χ1n) is 10.5. The Kier molecular flexibility index (Phi) is 22.6. The summed E-state index contributed by atoms with van der Waals surface area (Å²) in [5, 5.41) is 39.3. The number of rotatable bonds is 4. The van der Waals surface area contributed by atoms with Gasteiger partial charge in [-0.1, -0.05) is 0 Å². The first-order chi connectivity index (χ1) is 22.2. The van der Waals surface area contributed by atoms with Gasteiger partial charge in [0, 0.05) is 0 Å². The Morgan fingerprint density at radius 1 is 0.264 bits per heavy atom. The van der Waals surface area contributed by atoms with E-state index in [2.05, 4.69) is 0 Å². The summed E-state index contributed by atoms with van der Waals surface area (Å²) in [6, 6.07) is 0. The topological polar surface area (TPSA) is 161 Å². The van der Waals surface area contributed by atoms with Gasteiger partial charge in [0.15, 0.2) is 0 Å². The summed E-state index contributed by atoms with van der Waals surface area (Å²) in [7, 11) is 0. The molecular formula is C20H4F24O8Zr-. The summed E-state index contributed by atoms with van der Waals surface area (Å²) in [6.07, 6.45) is -47.8. The Labute approximate surface area is 291 Å². The predicted octanol–water partition coefficient (Wildman–Crippen LogP) is 3.69. The molecule has 0 N–H and O–H groups in total. The quantitative estimate of drug-likeness (QED) is 0.235. The minimum Gasteiger partial charge on any atom is -0.869 e. The molecule has 0 spiro atoms. The van der Waals surface area contributed by atoms with Crippen LogP contribution in [-0.4, -0.2) is 72.5 Å². The van der Waals surface area contributed by atoms with Crippen LogP contribution in [-0.2, 0) is 45.4 Å². The van der Waals surface area contributed by atoms with E-state index >= 15 is 0 Å². The van der Waals surface area contributed by atoms with Crippen molar-refractivity contribution in [1.29, 1.82) is 0 Å². The fourth-order valence-electron chi connectivity index (χ4n) is 1.13. The molecule has 1 radical (unpaired) electrons.